The summed E-state index contributed by atoms with van der Waals surface area (Å²) in [5.74, 6) is 2.85. The van der Waals surface area contributed by atoms with Crippen molar-refractivity contribution in [1.29, 1.82) is 5.26 Å². The highest BCUT2D eigenvalue weighted by atomic mass is 16.5. The van der Waals surface area contributed by atoms with Gasteiger partial charge in [0.1, 0.15) is 0 Å². The summed E-state index contributed by atoms with van der Waals surface area (Å²) in [5.41, 5.74) is 1.72. The molecule has 0 radical (unpaired) electrons. The molecule has 0 saturated heterocycles. The van der Waals surface area contributed by atoms with E-state index in [0.717, 1.165) is 0 Å². The Kier molecular flexibility index (Phi) is 6.99. The summed E-state index contributed by atoms with van der Waals surface area (Å²) in [6, 6.07) is 9.16. The summed E-state index contributed by atoms with van der Waals surface area (Å²) in [6.45, 7) is 0. The van der Waals surface area contributed by atoms with Crippen LogP contribution >= 0.6 is 0 Å². The van der Waals surface area contributed by atoms with Crippen LogP contribution in [0.2, 0.25) is 0 Å². The van der Waals surface area contributed by atoms with Crippen molar-refractivity contribution in [3.05, 3.63) is 35.4 Å². The summed E-state index contributed by atoms with van der Waals surface area (Å²) in [4.78, 5) is 0. The van der Waals surface area contributed by atoms with Crippen molar-refractivity contribution in [3.8, 4) is 40.6 Å². The predicted molar refractivity (Wildman–Crippen MR) is 106 cm³/mol. The highest BCUT2D eigenvalue weighted by Crippen LogP contribution is 2.41. The molecule has 0 aliphatic heterocycles. The molecule has 0 atom stereocenters. The minimum Gasteiger partial charge on any atom is -0.493 e. The lowest BCUT2D eigenvalue weighted by atomic mass is 10.0. The second kappa shape index (κ2) is 9.42. The van der Waals surface area contributed by atoms with Crippen LogP contribution in [0.4, 0.5) is 0 Å². The standard InChI is InChI=1S/C21H23NO6/c1-23-16-8-13(9-17(24-2)20(16)27-5)7-15(12-22)14-10-18(25-3)21(28-6)19(11-14)26-4/h7-11H,1-6H3/b15-7-. The molecule has 0 aliphatic carbocycles. The van der Waals surface area contributed by atoms with Crippen molar-refractivity contribution in [1.82, 2.24) is 0 Å². The minimum atomic E-state index is 0.397. The number of allylic oxidation sites excluding steroid dienone is 1. The fraction of sp³-hybridized carbons (Fsp3) is 0.286. The number of hydrogen-bond donors (Lipinski definition) is 0. The molecule has 0 heterocycles. The molecule has 7 nitrogen and oxygen atoms in total. The Hall–Kier alpha value is -3.53. The normalized spacial score (nSPS) is 10.7. The number of ether oxygens (including phenoxy) is 6. The lowest BCUT2D eigenvalue weighted by Gasteiger charge is -2.14. The van der Waals surface area contributed by atoms with E-state index in [2.05, 4.69) is 6.07 Å². The van der Waals surface area contributed by atoms with Crippen molar-refractivity contribution < 1.29 is 28.4 Å². The molecule has 0 aromatic heterocycles. The Morgan fingerprint density at radius 2 is 1.07 bits per heavy atom. The number of nitriles is 1. The lowest BCUT2D eigenvalue weighted by Crippen LogP contribution is -1.97. The van der Waals surface area contributed by atoms with E-state index >= 15 is 0 Å². The quantitative estimate of drug-likeness (QED) is 0.505. The molecule has 0 spiro atoms. The number of benzene rings is 2. The van der Waals surface area contributed by atoms with Crippen LogP contribution in [0.15, 0.2) is 24.3 Å². The van der Waals surface area contributed by atoms with Gasteiger partial charge in [-0.1, -0.05) is 0 Å². The fourth-order valence-electron chi connectivity index (χ4n) is 2.77. The van der Waals surface area contributed by atoms with Crippen LogP contribution in [0, 0.1) is 11.3 Å². The van der Waals surface area contributed by atoms with Gasteiger partial charge in [0.15, 0.2) is 23.0 Å². The van der Waals surface area contributed by atoms with Gasteiger partial charge in [0.2, 0.25) is 11.5 Å². The van der Waals surface area contributed by atoms with E-state index in [1.54, 1.807) is 30.3 Å². The fourth-order valence-corrected chi connectivity index (χ4v) is 2.77. The number of methoxy groups -OCH3 is 6. The third-order valence-corrected chi connectivity index (χ3v) is 4.09. The monoisotopic (exact) mass is 385 g/mol. The zero-order valence-corrected chi connectivity index (χ0v) is 16.8. The van der Waals surface area contributed by atoms with E-state index in [1.165, 1.54) is 42.7 Å². The summed E-state index contributed by atoms with van der Waals surface area (Å²) < 4.78 is 32.1. The summed E-state index contributed by atoms with van der Waals surface area (Å²) in [5, 5.41) is 9.73. The van der Waals surface area contributed by atoms with Gasteiger partial charge >= 0.3 is 0 Å². The van der Waals surface area contributed by atoms with Crippen LogP contribution in [-0.4, -0.2) is 42.7 Å². The first-order valence-corrected chi connectivity index (χ1v) is 8.28. The molecule has 0 aliphatic rings. The van der Waals surface area contributed by atoms with Gasteiger partial charge in [0.25, 0.3) is 0 Å². The molecule has 0 bridgehead atoms. The molecule has 28 heavy (non-hydrogen) atoms. The topological polar surface area (TPSA) is 79.2 Å². The predicted octanol–water partition coefficient (Wildman–Crippen LogP) is 3.80. The van der Waals surface area contributed by atoms with E-state index in [0.29, 0.717) is 51.2 Å². The zero-order valence-electron chi connectivity index (χ0n) is 16.8. The Morgan fingerprint density at radius 3 is 1.39 bits per heavy atom. The van der Waals surface area contributed by atoms with Crippen LogP contribution < -0.4 is 28.4 Å². The van der Waals surface area contributed by atoms with Crippen LogP contribution in [0.25, 0.3) is 11.6 Å². The van der Waals surface area contributed by atoms with Crippen LogP contribution in [0.3, 0.4) is 0 Å². The third-order valence-electron chi connectivity index (χ3n) is 4.09. The Labute approximate surface area is 164 Å². The average molecular weight is 385 g/mol. The highest BCUT2D eigenvalue weighted by Gasteiger charge is 2.17. The smallest absolute Gasteiger partial charge is 0.203 e. The molecule has 0 amide bonds. The first-order valence-electron chi connectivity index (χ1n) is 8.28. The maximum absolute atomic E-state index is 9.73. The SMILES string of the molecule is COc1cc(/C=C(/C#N)c2cc(OC)c(OC)c(OC)c2)cc(OC)c1OC. The zero-order chi connectivity index (χ0) is 20.7. The Bertz CT molecular complexity index is 864. The Morgan fingerprint density at radius 1 is 0.679 bits per heavy atom. The Balaban J connectivity index is 2.63. The number of nitrogens with zero attached hydrogens (tertiary/aromatic N) is 1. The van der Waals surface area contributed by atoms with Crippen molar-refractivity contribution in [2.75, 3.05) is 42.7 Å². The molecule has 2 rings (SSSR count). The minimum absolute atomic E-state index is 0.397. The van der Waals surface area contributed by atoms with E-state index in [1.807, 2.05) is 0 Å². The number of hydrogen-bond acceptors (Lipinski definition) is 7. The van der Waals surface area contributed by atoms with Crippen LogP contribution in [0.5, 0.6) is 34.5 Å². The molecule has 0 N–H and O–H groups in total. The van der Waals surface area contributed by atoms with Gasteiger partial charge in [0.05, 0.1) is 54.3 Å². The molecular weight excluding hydrogens is 362 g/mol. The summed E-state index contributed by atoms with van der Waals surface area (Å²) >= 11 is 0. The molecule has 7 heteroatoms. The molecule has 0 fully saturated rings. The summed E-state index contributed by atoms with van der Waals surface area (Å²) in [7, 11) is 9.18. The van der Waals surface area contributed by atoms with Gasteiger partial charge in [0, 0.05) is 0 Å². The first-order chi connectivity index (χ1) is 13.6. The van der Waals surface area contributed by atoms with Crippen molar-refractivity contribution in [2.45, 2.75) is 0 Å². The second-order valence-corrected chi connectivity index (χ2v) is 5.54. The first kappa shape index (κ1) is 20.8. The second-order valence-electron chi connectivity index (χ2n) is 5.54. The largest absolute Gasteiger partial charge is 0.493 e. The number of rotatable bonds is 8. The average Bonchev–Trinajstić information content (AvgIpc) is 2.75. The van der Waals surface area contributed by atoms with E-state index in [4.69, 9.17) is 28.4 Å². The molecule has 0 unspecified atom stereocenters. The van der Waals surface area contributed by atoms with Gasteiger partial charge in [-0.25, -0.2) is 0 Å². The maximum atomic E-state index is 9.73. The third kappa shape index (κ3) is 4.07. The van der Waals surface area contributed by atoms with E-state index < -0.39 is 0 Å². The molecular formula is C21H23NO6. The van der Waals surface area contributed by atoms with Crippen LogP contribution in [-0.2, 0) is 0 Å². The van der Waals surface area contributed by atoms with Crippen LogP contribution in [0.1, 0.15) is 11.1 Å². The van der Waals surface area contributed by atoms with Crippen molar-refractivity contribution in [2.24, 2.45) is 0 Å². The van der Waals surface area contributed by atoms with Gasteiger partial charge in [-0.05, 0) is 41.5 Å². The van der Waals surface area contributed by atoms with Crippen molar-refractivity contribution >= 4 is 11.6 Å². The summed E-state index contributed by atoms with van der Waals surface area (Å²) in [6.07, 6.45) is 1.71. The lowest BCUT2D eigenvalue weighted by molar-refractivity contribution is 0.324. The molecule has 2 aromatic rings. The van der Waals surface area contributed by atoms with Gasteiger partial charge in [-0.15, -0.1) is 0 Å². The van der Waals surface area contributed by atoms with Gasteiger partial charge < -0.3 is 28.4 Å². The highest BCUT2D eigenvalue weighted by molar-refractivity contribution is 5.91. The van der Waals surface area contributed by atoms with Gasteiger partial charge in [-0.2, -0.15) is 5.26 Å². The van der Waals surface area contributed by atoms with Gasteiger partial charge in [-0.3, -0.25) is 0 Å². The van der Waals surface area contributed by atoms with E-state index in [-0.39, 0.29) is 0 Å². The van der Waals surface area contributed by atoms with E-state index in [9.17, 15) is 5.26 Å². The van der Waals surface area contributed by atoms with Crippen molar-refractivity contribution in [3.63, 3.8) is 0 Å². The molecule has 0 saturated carbocycles. The molecule has 148 valence electrons. The molecule has 2 aromatic carbocycles. The maximum Gasteiger partial charge on any atom is 0.203 e.